The van der Waals surface area contributed by atoms with Crippen LogP contribution in [0.5, 0.6) is 5.75 Å². The average Bonchev–Trinajstić information content (AvgIpc) is 2.60. The summed E-state index contributed by atoms with van der Waals surface area (Å²) in [5, 5.41) is 4.02. The molecule has 1 rings (SSSR count). The van der Waals surface area contributed by atoms with Gasteiger partial charge in [-0.15, -0.1) is 0 Å². The van der Waals surface area contributed by atoms with Crippen LogP contribution < -0.4 is 10.2 Å². The predicted octanol–water partition coefficient (Wildman–Crippen LogP) is 5.83. The zero-order chi connectivity index (χ0) is 18.3. The van der Waals surface area contributed by atoms with E-state index in [0.717, 1.165) is 28.6 Å². The first kappa shape index (κ1) is 21.7. The number of methoxy groups -OCH3 is 1. The monoisotopic (exact) mass is 410 g/mol. The molecule has 140 valence electrons. The van der Waals surface area contributed by atoms with Gasteiger partial charge in [-0.2, -0.15) is 5.10 Å². The van der Waals surface area contributed by atoms with E-state index in [9.17, 15) is 4.79 Å². The number of hydrogen-bond donors (Lipinski definition) is 1. The number of carbonyl (C=O) groups is 1. The largest absolute Gasteiger partial charge is 0.496 e. The molecule has 5 heteroatoms. The number of unbranched alkanes of at least 4 members (excludes halogenated alkanes) is 8. The van der Waals surface area contributed by atoms with E-state index in [2.05, 4.69) is 33.4 Å². The van der Waals surface area contributed by atoms with Gasteiger partial charge in [0.15, 0.2) is 0 Å². The molecule has 0 unspecified atom stereocenters. The van der Waals surface area contributed by atoms with Crippen molar-refractivity contribution in [3.05, 3.63) is 28.2 Å². The number of amides is 1. The first-order valence-electron chi connectivity index (χ1n) is 9.32. The Morgan fingerprint density at radius 3 is 2.40 bits per heavy atom. The minimum absolute atomic E-state index is 0.0341. The highest BCUT2D eigenvalue weighted by Gasteiger charge is 2.02. The van der Waals surface area contributed by atoms with Crippen LogP contribution in [0.15, 0.2) is 27.8 Å². The fourth-order valence-electron chi connectivity index (χ4n) is 2.63. The number of hydrogen-bond acceptors (Lipinski definition) is 3. The van der Waals surface area contributed by atoms with Gasteiger partial charge in [-0.1, -0.05) is 74.2 Å². The number of hydrazone groups is 1. The normalized spacial score (nSPS) is 11.0. The summed E-state index contributed by atoms with van der Waals surface area (Å²) in [6.45, 7) is 2.24. The SMILES string of the molecule is CCCCCCCCCCCC(=O)N/N=C/c1cc(Br)ccc1OC. The van der Waals surface area contributed by atoms with Gasteiger partial charge in [-0.25, -0.2) is 5.43 Å². The smallest absolute Gasteiger partial charge is 0.240 e. The number of rotatable bonds is 13. The van der Waals surface area contributed by atoms with E-state index in [-0.39, 0.29) is 5.91 Å². The zero-order valence-corrected chi connectivity index (χ0v) is 17.1. The van der Waals surface area contributed by atoms with Gasteiger partial charge in [0.2, 0.25) is 5.91 Å². The Labute approximate surface area is 160 Å². The molecule has 1 aromatic rings. The summed E-state index contributed by atoms with van der Waals surface area (Å²) in [6, 6.07) is 5.66. The van der Waals surface area contributed by atoms with Crippen molar-refractivity contribution in [2.75, 3.05) is 7.11 Å². The van der Waals surface area contributed by atoms with Crippen molar-refractivity contribution in [3.63, 3.8) is 0 Å². The maximum absolute atomic E-state index is 11.8. The lowest BCUT2D eigenvalue weighted by atomic mass is 10.1. The van der Waals surface area contributed by atoms with E-state index in [1.807, 2.05) is 18.2 Å². The Kier molecular flexibility index (Phi) is 12.0. The van der Waals surface area contributed by atoms with Crippen LogP contribution in [-0.4, -0.2) is 19.2 Å². The molecule has 0 aromatic heterocycles. The first-order valence-corrected chi connectivity index (χ1v) is 10.1. The van der Waals surface area contributed by atoms with Crippen LogP contribution in [0.2, 0.25) is 0 Å². The lowest BCUT2D eigenvalue weighted by Gasteiger charge is -2.05. The first-order chi connectivity index (χ1) is 12.2. The molecule has 1 amide bonds. The van der Waals surface area contributed by atoms with Crippen LogP contribution in [-0.2, 0) is 4.79 Å². The van der Waals surface area contributed by atoms with Crippen LogP contribution >= 0.6 is 15.9 Å². The van der Waals surface area contributed by atoms with E-state index in [0.29, 0.717) is 6.42 Å². The highest BCUT2D eigenvalue weighted by Crippen LogP contribution is 2.21. The Hall–Kier alpha value is -1.36. The van der Waals surface area contributed by atoms with Gasteiger partial charge in [0.25, 0.3) is 0 Å². The Balaban J connectivity index is 2.14. The molecule has 0 atom stereocenters. The van der Waals surface area contributed by atoms with Crippen molar-refractivity contribution in [1.82, 2.24) is 5.43 Å². The van der Waals surface area contributed by atoms with E-state index in [1.165, 1.54) is 44.9 Å². The second-order valence-corrected chi connectivity index (χ2v) is 7.17. The van der Waals surface area contributed by atoms with Crippen molar-refractivity contribution in [3.8, 4) is 5.75 Å². The molecule has 25 heavy (non-hydrogen) atoms. The van der Waals surface area contributed by atoms with Crippen LogP contribution in [0, 0.1) is 0 Å². The Morgan fingerprint density at radius 1 is 1.12 bits per heavy atom. The molecule has 0 radical (unpaired) electrons. The topological polar surface area (TPSA) is 50.7 Å². The molecule has 1 aromatic carbocycles. The molecule has 0 spiro atoms. The van der Waals surface area contributed by atoms with E-state index in [4.69, 9.17) is 4.74 Å². The van der Waals surface area contributed by atoms with Crippen LogP contribution in [0.1, 0.15) is 76.7 Å². The molecule has 0 heterocycles. The maximum atomic E-state index is 11.8. The molecule has 0 saturated carbocycles. The lowest BCUT2D eigenvalue weighted by Crippen LogP contribution is -2.17. The molecule has 0 aliphatic heterocycles. The van der Waals surface area contributed by atoms with E-state index >= 15 is 0 Å². The van der Waals surface area contributed by atoms with Crippen LogP contribution in [0.25, 0.3) is 0 Å². The van der Waals surface area contributed by atoms with Crippen LogP contribution in [0.3, 0.4) is 0 Å². The zero-order valence-electron chi connectivity index (χ0n) is 15.5. The molecule has 0 fully saturated rings. The van der Waals surface area contributed by atoms with Gasteiger partial charge in [-0.05, 0) is 24.6 Å². The van der Waals surface area contributed by atoms with Crippen molar-refractivity contribution in [2.45, 2.75) is 71.1 Å². The molecule has 0 saturated heterocycles. The summed E-state index contributed by atoms with van der Waals surface area (Å²) < 4.78 is 6.21. The fourth-order valence-corrected chi connectivity index (χ4v) is 3.01. The van der Waals surface area contributed by atoms with E-state index < -0.39 is 0 Å². The Bertz CT molecular complexity index is 532. The van der Waals surface area contributed by atoms with Gasteiger partial charge < -0.3 is 4.74 Å². The summed E-state index contributed by atoms with van der Waals surface area (Å²) in [7, 11) is 1.61. The van der Waals surface area contributed by atoms with Gasteiger partial charge in [0.1, 0.15) is 5.75 Å². The van der Waals surface area contributed by atoms with E-state index in [1.54, 1.807) is 13.3 Å². The lowest BCUT2D eigenvalue weighted by molar-refractivity contribution is -0.121. The fraction of sp³-hybridized carbons (Fsp3) is 0.600. The highest BCUT2D eigenvalue weighted by atomic mass is 79.9. The number of ether oxygens (including phenoxy) is 1. The molecular weight excluding hydrogens is 380 g/mol. The summed E-state index contributed by atoms with van der Waals surface area (Å²) in [6.07, 6.45) is 13.4. The molecule has 0 aliphatic carbocycles. The van der Waals surface area contributed by atoms with Crippen LogP contribution in [0.4, 0.5) is 0 Å². The van der Waals surface area contributed by atoms with Gasteiger partial charge in [-0.3, -0.25) is 4.79 Å². The number of nitrogens with one attached hydrogen (secondary N) is 1. The van der Waals surface area contributed by atoms with Gasteiger partial charge in [0, 0.05) is 16.5 Å². The maximum Gasteiger partial charge on any atom is 0.240 e. The molecule has 0 aliphatic rings. The van der Waals surface area contributed by atoms with Crippen molar-refractivity contribution >= 4 is 28.1 Å². The molecule has 4 nitrogen and oxygen atoms in total. The average molecular weight is 411 g/mol. The predicted molar refractivity (Wildman–Crippen MR) is 108 cm³/mol. The molecule has 0 bridgehead atoms. The summed E-state index contributed by atoms with van der Waals surface area (Å²) in [5.41, 5.74) is 3.41. The third-order valence-electron chi connectivity index (χ3n) is 4.09. The standard InChI is InChI=1S/C20H31BrN2O2/c1-3-4-5-6-7-8-9-10-11-12-20(24)23-22-16-17-15-18(21)13-14-19(17)25-2/h13-16H,3-12H2,1-2H3,(H,23,24)/b22-16+. The number of nitrogens with zero attached hydrogens (tertiary/aromatic N) is 1. The minimum atomic E-state index is -0.0341. The van der Waals surface area contributed by atoms with Gasteiger partial charge in [0.05, 0.1) is 13.3 Å². The minimum Gasteiger partial charge on any atom is -0.496 e. The summed E-state index contributed by atoms with van der Waals surface area (Å²) in [5.74, 6) is 0.688. The van der Waals surface area contributed by atoms with Crippen molar-refractivity contribution < 1.29 is 9.53 Å². The Morgan fingerprint density at radius 2 is 1.76 bits per heavy atom. The number of benzene rings is 1. The highest BCUT2D eigenvalue weighted by molar-refractivity contribution is 9.10. The molecular formula is C20H31BrN2O2. The third kappa shape index (κ3) is 10.3. The van der Waals surface area contributed by atoms with Gasteiger partial charge >= 0.3 is 0 Å². The number of carbonyl (C=O) groups excluding carboxylic acids is 1. The second kappa shape index (κ2) is 13.9. The molecule has 1 N–H and O–H groups in total. The summed E-state index contributed by atoms with van der Waals surface area (Å²) in [4.78, 5) is 11.8. The third-order valence-corrected chi connectivity index (χ3v) is 4.59. The van der Waals surface area contributed by atoms with Crippen molar-refractivity contribution in [2.24, 2.45) is 5.10 Å². The second-order valence-electron chi connectivity index (χ2n) is 6.26. The number of halogens is 1. The van der Waals surface area contributed by atoms with Crippen molar-refractivity contribution in [1.29, 1.82) is 0 Å². The quantitative estimate of drug-likeness (QED) is 0.252. The summed E-state index contributed by atoms with van der Waals surface area (Å²) >= 11 is 3.41.